The van der Waals surface area contributed by atoms with Crippen molar-refractivity contribution in [2.75, 3.05) is 7.02 Å². The minimum absolute atomic E-state index is 0.00832. The minimum atomic E-state index is -0.530. The second kappa shape index (κ2) is 6.06. The number of aromatic nitrogens is 1. The lowest BCUT2D eigenvalue weighted by Crippen LogP contribution is -2.18. The summed E-state index contributed by atoms with van der Waals surface area (Å²) >= 11 is 0. The molecule has 1 aromatic heterocycles. The fourth-order valence-electron chi connectivity index (χ4n) is 1.73. The van der Waals surface area contributed by atoms with Gasteiger partial charge in [-0.1, -0.05) is 30.3 Å². The number of hydrogen-bond acceptors (Lipinski definition) is 4. The van der Waals surface area contributed by atoms with Gasteiger partial charge in [0, 0.05) is 14.1 Å². The zero-order valence-corrected chi connectivity index (χ0v) is 11.1. The maximum Gasteiger partial charge on any atom is 0.258 e. The highest BCUT2D eigenvalue weighted by molar-refractivity contribution is 5.97. The molecule has 0 aliphatic carbocycles. The molecule has 0 radical (unpaired) electrons. The van der Waals surface area contributed by atoms with Gasteiger partial charge in [0.05, 0.1) is 5.56 Å². The van der Waals surface area contributed by atoms with Crippen LogP contribution in [0.4, 0.5) is 0 Å². The summed E-state index contributed by atoms with van der Waals surface area (Å²) in [6, 6.07) is 10.9. The molecule has 1 aromatic carbocycles. The normalized spacial score (nSPS) is 10.8. The molecule has 1 heterocycles. The van der Waals surface area contributed by atoms with Crippen LogP contribution in [0, 0.1) is 6.92 Å². The molecular formula is C15H16N2O3. The van der Waals surface area contributed by atoms with E-state index in [1.807, 2.05) is 30.3 Å². The average Bonchev–Trinajstić information content (AvgIpc) is 2.49. The predicted molar refractivity (Wildman–Crippen MR) is 74.8 cm³/mol. The van der Waals surface area contributed by atoms with E-state index in [1.165, 1.54) is 6.07 Å². The van der Waals surface area contributed by atoms with Gasteiger partial charge in [0.15, 0.2) is 5.75 Å². The van der Waals surface area contributed by atoms with Gasteiger partial charge in [-0.25, -0.2) is 4.98 Å². The van der Waals surface area contributed by atoms with Gasteiger partial charge in [-0.3, -0.25) is 4.79 Å². The van der Waals surface area contributed by atoms with Gasteiger partial charge in [0.2, 0.25) is 0 Å². The molecule has 2 aromatic rings. The van der Waals surface area contributed by atoms with Crippen molar-refractivity contribution in [2.24, 2.45) is 0 Å². The van der Waals surface area contributed by atoms with Crippen molar-refractivity contribution in [3.8, 4) is 11.6 Å². The van der Waals surface area contributed by atoms with E-state index in [1.54, 1.807) is 6.92 Å². The molecule has 0 saturated heterocycles. The number of carbonyl (C=O) groups excluding carboxylic acids is 1. The summed E-state index contributed by atoms with van der Waals surface area (Å²) in [5.41, 5.74) is 1.53. The molecule has 0 unspecified atom stereocenters. The van der Waals surface area contributed by atoms with Crippen molar-refractivity contribution >= 4 is 5.91 Å². The third kappa shape index (κ3) is 3.06. The molecule has 0 atom stereocenters. The summed E-state index contributed by atoms with van der Waals surface area (Å²) in [4.78, 5) is 15.9. The molecule has 0 bridgehead atoms. The molecule has 0 fully saturated rings. The van der Waals surface area contributed by atoms with E-state index >= 15 is 0 Å². The lowest BCUT2D eigenvalue weighted by Gasteiger charge is -2.11. The van der Waals surface area contributed by atoms with Crippen LogP contribution in [0.5, 0.6) is 11.6 Å². The number of nitrogens with one attached hydrogen (secondary N) is 1. The van der Waals surface area contributed by atoms with Gasteiger partial charge in [-0.2, -0.15) is 0 Å². The first-order chi connectivity index (χ1) is 10.1. The topological polar surface area (TPSA) is 71.5 Å². The smallest absolute Gasteiger partial charge is 0.258 e. The van der Waals surface area contributed by atoms with Crippen LogP contribution in [0.15, 0.2) is 36.4 Å². The highest BCUT2D eigenvalue weighted by Gasteiger charge is 2.17. The number of amides is 1. The molecule has 0 spiro atoms. The molecule has 5 nitrogen and oxygen atoms in total. The van der Waals surface area contributed by atoms with Gasteiger partial charge in [0.25, 0.3) is 11.8 Å². The number of hydrogen-bond donors (Lipinski definition) is 2. The Morgan fingerprint density at radius 1 is 1.45 bits per heavy atom. The lowest BCUT2D eigenvalue weighted by atomic mass is 10.2. The Labute approximate surface area is 118 Å². The van der Waals surface area contributed by atoms with Crippen LogP contribution in [-0.4, -0.2) is 23.0 Å². The Kier molecular flexibility index (Phi) is 3.78. The maximum atomic E-state index is 11.8. The highest BCUT2D eigenvalue weighted by Crippen LogP contribution is 2.29. The molecule has 2 N–H and O–H groups in total. The standard InChI is InChI=1S/C15H16N2O3/c1-10-8-12(14(19)16-2)13(18)15(17-10)20-9-11-6-4-3-5-7-11/h3-8,18H,9H2,1-2H3,(H,16,19)/i2T. The molecule has 1 amide bonds. The number of ether oxygens (including phenoxy) is 1. The van der Waals surface area contributed by atoms with Crippen LogP contribution in [0.1, 0.15) is 23.0 Å². The van der Waals surface area contributed by atoms with Crippen LogP contribution >= 0.6 is 0 Å². The van der Waals surface area contributed by atoms with Gasteiger partial charge < -0.3 is 15.2 Å². The summed E-state index contributed by atoms with van der Waals surface area (Å²) in [5, 5.41) is 12.4. The first kappa shape index (κ1) is 12.5. The SMILES string of the molecule is [3H]CNC(=O)c1cc(C)nc(OCc2ccccc2)c1O. The number of carbonyl (C=O) groups is 1. The average molecular weight is 274 g/mol. The summed E-state index contributed by atoms with van der Waals surface area (Å²) in [6.45, 7) is 1.94. The lowest BCUT2D eigenvalue weighted by molar-refractivity contribution is 0.0959. The van der Waals surface area contributed by atoms with Crippen LogP contribution in [0.3, 0.4) is 0 Å². The van der Waals surface area contributed by atoms with E-state index in [0.29, 0.717) is 5.69 Å². The van der Waals surface area contributed by atoms with Gasteiger partial charge in [0.1, 0.15) is 6.61 Å². The summed E-state index contributed by atoms with van der Waals surface area (Å²) in [6.07, 6.45) is 0. The summed E-state index contributed by atoms with van der Waals surface area (Å²) < 4.78 is 12.5. The molecule has 2 rings (SSSR count). The maximum absolute atomic E-state index is 11.8. The Bertz CT molecular complexity index is 632. The largest absolute Gasteiger partial charge is 0.503 e. The second-order valence-electron chi connectivity index (χ2n) is 4.25. The Hall–Kier alpha value is -2.56. The Morgan fingerprint density at radius 2 is 2.20 bits per heavy atom. The number of rotatable bonds is 4. The molecule has 0 saturated carbocycles. The second-order valence-corrected chi connectivity index (χ2v) is 4.25. The van der Waals surface area contributed by atoms with E-state index < -0.39 is 5.91 Å². The molecule has 20 heavy (non-hydrogen) atoms. The third-order valence-electron chi connectivity index (χ3n) is 2.71. The summed E-state index contributed by atoms with van der Waals surface area (Å²) in [5.74, 6) is -0.839. The molecule has 104 valence electrons. The predicted octanol–water partition coefficient (Wildman–Crippen LogP) is 2.03. The first-order valence-corrected chi connectivity index (χ1v) is 6.06. The van der Waals surface area contributed by atoms with Crippen molar-refractivity contribution in [2.45, 2.75) is 13.5 Å². The van der Waals surface area contributed by atoms with Gasteiger partial charge >= 0.3 is 0 Å². The van der Waals surface area contributed by atoms with Crippen LogP contribution in [0.2, 0.25) is 0 Å². The zero-order valence-electron chi connectivity index (χ0n) is 12.1. The number of nitrogens with zero attached hydrogens (tertiary/aromatic N) is 1. The number of aryl methyl sites for hydroxylation is 1. The molecule has 0 aliphatic heterocycles. The fourth-order valence-corrected chi connectivity index (χ4v) is 1.73. The Balaban J connectivity index is 2.21. The number of aromatic hydroxyl groups is 1. The molecule has 0 aliphatic rings. The monoisotopic (exact) mass is 274 g/mol. The zero-order chi connectivity index (χ0) is 15.2. The minimum Gasteiger partial charge on any atom is -0.503 e. The first-order valence-electron chi connectivity index (χ1n) is 6.77. The van der Waals surface area contributed by atoms with Crippen molar-refractivity contribution < 1.29 is 16.0 Å². The van der Waals surface area contributed by atoms with E-state index in [0.717, 1.165) is 5.56 Å². The summed E-state index contributed by atoms with van der Waals surface area (Å²) in [7, 11) is -0.264. The van der Waals surface area contributed by atoms with Crippen LogP contribution in [-0.2, 0) is 6.61 Å². The van der Waals surface area contributed by atoms with Crippen LogP contribution < -0.4 is 10.1 Å². The van der Waals surface area contributed by atoms with Gasteiger partial charge in [-0.05, 0) is 18.6 Å². The van der Waals surface area contributed by atoms with E-state index in [-0.39, 0.29) is 30.8 Å². The van der Waals surface area contributed by atoms with E-state index in [4.69, 9.17) is 6.11 Å². The van der Waals surface area contributed by atoms with Crippen molar-refractivity contribution in [1.29, 1.82) is 0 Å². The van der Waals surface area contributed by atoms with E-state index in [2.05, 4.69) is 10.3 Å². The number of pyridine rings is 1. The highest BCUT2D eigenvalue weighted by atomic mass is 16.5. The van der Waals surface area contributed by atoms with Crippen molar-refractivity contribution in [1.82, 2.24) is 10.3 Å². The van der Waals surface area contributed by atoms with Crippen molar-refractivity contribution in [3.05, 3.63) is 53.2 Å². The quantitative estimate of drug-likeness (QED) is 0.895. The third-order valence-corrected chi connectivity index (χ3v) is 2.71. The number of benzene rings is 1. The molecular weight excluding hydrogens is 256 g/mol. The van der Waals surface area contributed by atoms with Gasteiger partial charge in [-0.15, -0.1) is 0 Å². The van der Waals surface area contributed by atoms with Crippen molar-refractivity contribution in [3.63, 3.8) is 0 Å². The molecule has 5 heteroatoms. The Morgan fingerprint density at radius 3 is 2.90 bits per heavy atom. The van der Waals surface area contributed by atoms with E-state index in [9.17, 15) is 9.90 Å². The fraction of sp³-hybridized carbons (Fsp3) is 0.200. The van der Waals surface area contributed by atoms with Crippen LogP contribution in [0.25, 0.3) is 0 Å².